The lowest BCUT2D eigenvalue weighted by atomic mass is 9.90. The maximum absolute atomic E-state index is 10.3. The Balaban J connectivity index is 2.19. The molecule has 5 nitrogen and oxygen atoms in total. The molecule has 0 saturated carbocycles. The first-order chi connectivity index (χ1) is 8.38. The lowest BCUT2D eigenvalue weighted by molar-refractivity contribution is 0.178. The number of aliphatic hydroxyl groups excluding tert-OH is 1. The molecule has 18 heavy (non-hydrogen) atoms. The number of aromatic nitrogens is 4. The van der Waals surface area contributed by atoms with Crippen LogP contribution in [0.2, 0.25) is 0 Å². The van der Waals surface area contributed by atoms with Crippen LogP contribution in [0.15, 0.2) is 12.3 Å². The highest BCUT2D eigenvalue weighted by Crippen LogP contribution is 2.31. The van der Waals surface area contributed by atoms with Crippen LogP contribution in [0.3, 0.4) is 0 Å². The van der Waals surface area contributed by atoms with Gasteiger partial charge in [0.1, 0.15) is 0 Å². The summed E-state index contributed by atoms with van der Waals surface area (Å²) in [5.41, 5.74) is 1.64. The standard InChI is InChI=1S/C12H18N4OS/c1-12(2,3)11-10(18-15-13-11)9(17)7-8-5-6-16(4)14-8/h5-6,9,17H,7H2,1-4H3. The second kappa shape index (κ2) is 4.78. The molecular formula is C12H18N4OS. The van der Waals surface area contributed by atoms with E-state index in [0.29, 0.717) is 6.42 Å². The van der Waals surface area contributed by atoms with Gasteiger partial charge >= 0.3 is 0 Å². The Labute approximate surface area is 111 Å². The largest absolute Gasteiger partial charge is 0.387 e. The van der Waals surface area contributed by atoms with Gasteiger partial charge < -0.3 is 5.11 Å². The van der Waals surface area contributed by atoms with E-state index in [1.54, 1.807) is 4.68 Å². The third kappa shape index (κ3) is 2.76. The fourth-order valence-electron chi connectivity index (χ4n) is 1.80. The van der Waals surface area contributed by atoms with Crippen LogP contribution in [-0.2, 0) is 18.9 Å². The van der Waals surface area contributed by atoms with Gasteiger partial charge in [-0.2, -0.15) is 5.10 Å². The number of aryl methyl sites for hydroxylation is 1. The second-order valence-electron chi connectivity index (χ2n) is 5.44. The molecule has 0 fully saturated rings. The van der Waals surface area contributed by atoms with Gasteiger partial charge in [-0.05, 0) is 17.6 Å². The number of nitrogens with zero attached hydrogens (tertiary/aromatic N) is 4. The fourth-order valence-corrected chi connectivity index (χ4v) is 2.65. The van der Waals surface area contributed by atoms with Crippen molar-refractivity contribution in [1.82, 2.24) is 19.4 Å². The fraction of sp³-hybridized carbons (Fsp3) is 0.583. The predicted molar refractivity (Wildman–Crippen MR) is 70.5 cm³/mol. The van der Waals surface area contributed by atoms with E-state index in [1.807, 2.05) is 19.3 Å². The van der Waals surface area contributed by atoms with E-state index in [9.17, 15) is 5.11 Å². The topological polar surface area (TPSA) is 63.8 Å². The molecule has 0 aliphatic carbocycles. The smallest absolute Gasteiger partial charge is 0.0973 e. The minimum absolute atomic E-state index is 0.104. The van der Waals surface area contributed by atoms with Crippen molar-refractivity contribution in [2.75, 3.05) is 0 Å². The molecule has 0 aromatic carbocycles. The lowest BCUT2D eigenvalue weighted by Crippen LogP contribution is -2.16. The van der Waals surface area contributed by atoms with Crippen LogP contribution in [0.1, 0.15) is 43.1 Å². The molecule has 2 aromatic heterocycles. The quantitative estimate of drug-likeness (QED) is 0.920. The first-order valence-corrected chi connectivity index (χ1v) is 6.64. The molecule has 98 valence electrons. The first kappa shape index (κ1) is 13.2. The van der Waals surface area contributed by atoms with Gasteiger partial charge in [0.05, 0.1) is 22.4 Å². The molecule has 0 aliphatic rings. The van der Waals surface area contributed by atoms with E-state index in [4.69, 9.17) is 0 Å². The molecule has 0 saturated heterocycles. The first-order valence-electron chi connectivity index (χ1n) is 5.87. The van der Waals surface area contributed by atoms with Crippen LogP contribution in [0.25, 0.3) is 0 Å². The molecule has 0 amide bonds. The number of hydrogen-bond acceptors (Lipinski definition) is 5. The van der Waals surface area contributed by atoms with Crippen molar-refractivity contribution in [3.05, 3.63) is 28.5 Å². The minimum atomic E-state index is -0.589. The highest BCUT2D eigenvalue weighted by molar-refractivity contribution is 7.05. The molecule has 2 aromatic rings. The molecule has 1 atom stereocenters. The number of hydrogen-bond donors (Lipinski definition) is 1. The molecule has 2 heterocycles. The van der Waals surface area contributed by atoms with E-state index < -0.39 is 6.10 Å². The minimum Gasteiger partial charge on any atom is -0.387 e. The summed E-state index contributed by atoms with van der Waals surface area (Å²) < 4.78 is 5.70. The highest BCUT2D eigenvalue weighted by Gasteiger charge is 2.26. The molecular weight excluding hydrogens is 248 g/mol. The van der Waals surface area contributed by atoms with Crippen molar-refractivity contribution < 1.29 is 5.11 Å². The molecule has 1 unspecified atom stereocenters. The van der Waals surface area contributed by atoms with Gasteiger partial charge in [0.15, 0.2) is 0 Å². The van der Waals surface area contributed by atoms with Crippen LogP contribution in [0, 0.1) is 0 Å². The van der Waals surface area contributed by atoms with Crippen LogP contribution < -0.4 is 0 Å². The van der Waals surface area contributed by atoms with Crippen molar-refractivity contribution in [1.29, 1.82) is 0 Å². The van der Waals surface area contributed by atoms with Crippen LogP contribution >= 0.6 is 11.5 Å². The third-order valence-corrected chi connectivity index (χ3v) is 3.52. The van der Waals surface area contributed by atoms with Gasteiger partial charge in [0.25, 0.3) is 0 Å². The van der Waals surface area contributed by atoms with E-state index >= 15 is 0 Å². The highest BCUT2D eigenvalue weighted by atomic mass is 32.1. The Kier molecular flexibility index (Phi) is 3.49. The molecule has 0 spiro atoms. The Morgan fingerprint density at radius 3 is 2.72 bits per heavy atom. The van der Waals surface area contributed by atoms with Gasteiger partial charge in [-0.3, -0.25) is 4.68 Å². The molecule has 0 bridgehead atoms. The lowest BCUT2D eigenvalue weighted by Gasteiger charge is -2.18. The maximum atomic E-state index is 10.3. The summed E-state index contributed by atoms with van der Waals surface area (Å²) >= 11 is 1.26. The van der Waals surface area contributed by atoms with Crippen molar-refractivity contribution in [2.24, 2.45) is 7.05 Å². The molecule has 2 rings (SSSR count). The van der Waals surface area contributed by atoms with E-state index in [1.165, 1.54) is 11.5 Å². The zero-order valence-corrected chi connectivity index (χ0v) is 11.9. The SMILES string of the molecule is Cn1ccc(CC(O)c2snnc2C(C)(C)C)n1. The molecule has 0 aliphatic heterocycles. The molecule has 6 heteroatoms. The van der Waals surface area contributed by atoms with Gasteiger partial charge in [-0.25, -0.2) is 0 Å². The van der Waals surface area contributed by atoms with Crippen molar-refractivity contribution in [3.8, 4) is 0 Å². The summed E-state index contributed by atoms with van der Waals surface area (Å²) in [4.78, 5) is 0.841. The maximum Gasteiger partial charge on any atom is 0.0973 e. The Morgan fingerprint density at radius 2 is 2.17 bits per heavy atom. The zero-order chi connectivity index (χ0) is 13.3. The average Bonchev–Trinajstić information content (AvgIpc) is 2.85. The predicted octanol–water partition coefficient (Wildman–Crippen LogP) is 1.85. The van der Waals surface area contributed by atoms with Gasteiger partial charge in [-0.1, -0.05) is 25.3 Å². The zero-order valence-electron chi connectivity index (χ0n) is 11.1. The van der Waals surface area contributed by atoms with E-state index in [0.717, 1.165) is 16.3 Å². The Bertz CT molecular complexity index is 526. The average molecular weight is 266 g/mol. The summed E-state index contributed by atoms with van der Waals surface area (Å²) in [7, 11) is 1.87. The summed E-state index contributed by atoms with van der Waals surface area (Å²) in [6.07, 6.45) is 1.78. The molecule has 0 radical (unpaired) electrons. The Hall–Kier alpha value is -1.27. The van der Waals surface area contributed by atoms with Crippen LogP contribution in [0.4, 0.5) is 0 Å². The summed E-state index contributed by atoms with van der Waals surface area (Å²) in [5, 5.41) is 18.7. The molecule has 1 N–H and O–H groups in total. The van der Waals surface area contributed by atoms with Gasteiger partial charge in [0.2, 0.25) is 0 Å². The van der Waals surface area contributed by atoms with Crippen molar-refractivity contribution in [3.63, 3.8) is 0 Å². The summed E-state index contributed by atoms with van der Waals surface area (Å²) in [6, 6.07) is 1.91. The number of aliphatic hydroxyl groups is 1. The second-order valence-corrected chi connectivity index (χ2v) is 6.22. The summed E-state index contributed by atoms with van der Waals surface area (Å²) in [6.45, 7) is 6.21. The van der Waals surface area contributed by atoms with E-state index in [-0.39, 0.29) is 5.41 Å². The van der Waals surface area contributed by atoms with E-state index in [2.05, 4.69) is 35.5 Å². The van der Waals surface area contributed by atoms with Gasteiger partial charge in [-0.15, -0.1) is 5.10 Å². The van der Waals surface area contributed by atoms with Crippen LogP contribution in [-0.4, -0.2) is 24.5 Å². The van der Waals surface area contributed by atoms with Crippen molar-refractivity contribution >= 4 is 11.5 Å². The van der Waals surface area contributed by atoms with Crippen molar-refractivity contribution in [2.45, 2.75) is 38.7 Å². The Morgan fingerprint density at radius 1 is 1.44 bits per heavy atom. The third-order valence-electron chi connectivity index (χ3n) is 2.70. The number of rotatable bonds is 3. The monoisotopic (exact) mass is 266 g/mol. The van der Waals surface area contributed by atoms with Gasteiger partial charge in [0, 0.05) is 25.1 Å². The van der Waals surface area contributed by atoms with Crippen LogP contribution in [0.5, 0.6) is 0 Å². The normalized spacial score (nSPS) is 13.8. The summed E-state index contributed by atoms with van der Waals surface area (Å²) in [5.74, 6) is 0.